The first-order valence-corrected chi connectivity index (χ1v) is 18.4. The number of benzene rings is 5. The van der Waals surface area contributed by atoms with Crippen LogP contribution in [0.15, 0.2) is 166 Å². The minimum Gasteiger partial charge on any atom is -0.741 e. The van der Waals surface area contributed by atoms with Crippen molar-refractivity contribution >= 4 is 75.9 Å². The van der Waals surface area contributed by atoms with Crippen LogP contribution in [0.1, 0.15) is 11.1 Å². The van der Waals surface area contributed by atoms with Crippen LogP contribution in [0.3, 0.4) is 0 Å². The van der Waals surface area contributed by atoms with Crippen molar-refractivity contribution in [3.05, 3.63) is 157 Å². The van der Waals surface area contributed by atoms with Gasteiger partial charge in [-0.25, -0.2) is 0 Å². The number of nitrogen functional groups attached to an aromatic ring is 1. The predicted octanol–water partition coefficient (Wildman–Crippen LogP) is 4.96. The molecule has 1 radical (unpaired) electrons. The van der Waals surface area contributed by atoms with Crippen LogP contribution < -0.4 is 32.3 Å². The van der Waals surface area contributed by atoms with Gasteiger partial charge in [-0.3, -0.25) is 0 Å². The van der Waals surface area contributed by atoms with Crippen molar-refractivity contribution in [2.24, 2.45) is 20.4 Å². The summed E-state index contributed by atoms with van der Waals surface area (Å²) in [4.78, 5) is 0. The molecular formula is C38H37CuN7OPS2+. The predicted molar refractivity (Wildman–Crippen MR) is 213 cm³/mol. The molecule has 50 heavy (non-hydrogen) atoms. The third kappa shape index (κ3) is 10.0. The van der Waals surface area contributed by atoms with E-state index < -0.39 is 7.26 Å². The number of nitrogens with zero attached hydrogens (tertiary/aromatic N) is 4. The second kappa shape index (κ2) is 19.6. The van der Waals surface area contributed by atoms with E-state index in [0.717, 1.165) is 11.1 Å². The van der Waals surface area contributed by atoms with Gasteiger partial charge in [0.15, 0.2) is 6.35 Å². The molecule has 257 valence electrons. The zero-order chi connectivity index (χ0) is 34.3. The van der Waals surface area contributed by atoms with Crippen molar-refractivity contribution in [3.63, 3.8) is 0 Å². The fourth-order valence-corrected chi connectivity index (χ4v) is 9.12. The number of nitrogens with one attached hydrogen (secondary N) is 2. The van der Waals surface area contributed by atoms with Crippen molar-refractivity contribution in [2.75, 3.05) is 32.3 Å². The Kier molecular flexibility index (Phi) is 15.1. The fraction of sp³-hybridized carbons (Fsp3) is 0.105. The molecule has 0 heterocycles. The molecule has 0 saturated carbocycles. The smallest absolute Gasteiger partial charge is 0.741 e. The van der Waals surface area contributed by atoms with E-state index in [9.17, 15) is 0 Å². The summed E-state index contributed by atoms with van der Waals surface area (Å²) in [5, 5.41) is 27.8. The molecule has 8 nitrogen and oxygen atoms in total. The minimum atomic E-state index is -2.11. The van der Waals surface area contributed by atoms with E-state index in [1.165, 1.54) is 15.9 Å². The van der Waals surface area contributed by atoms with Crippen LogP contribution in [-0.2, 0) is 47.1 Å². The first-order chi connectivity index (χ1) is 24.0. The molecular weight excluding hydrogens is 729 g/mol. The summed E-state index contributed by atoms with van der Waals surface area (Å²) in [6.45, 7) is 0.860. The number of ether oxygens (including phenoxy) is 1. The van der Waals surface area contributed by atoms with Gasteiger partial charge in [0.05, 0.1) is 6.61 Å². The van der Waals surface area contributed by atoms with Gasteiger partial charge in [-0.05, 0) is 58.9 Å². The topological polar surface area (TPSA) is 109 Å². The summed E-state index contributed by atoms with van der Waals surface area (Å²) in [7, 11) is -0.422. The summed E-state index contributed by atoms with van der Waals surface area (Å²) >= 11 is 10.8. The largest absolute Gasteiger partial charge is 2.00 e. The maximum absolute atomic E-state index is 6.47. The summed E-state index contributed by atoms with van der Waals surface area (Å²) in [6.07, 6.45) is 0.534. The molecule has 5 rings (SSSR count). The Bertz CT molecular complexity index is 1800. The zero-order valence-electron chi connectivity index (χ0n) is 27.3. The SMILES string of the molecule is CN/C([S-])=N/N=C(/C(=N/N=C(\[S-])NCCOC[P+](c1ccccc1)(c1ccccc1)c1ccccc1)c1ccccc1)c1ccc(N)cc1.[Cu+2]. The molecule has 0 spiro atoms. The monoisotopic (exact) mass is 765 g/mol. The quantitative estimate of drug-likeness (QED) is 0.0229. The van der Waals surface area contributed by atoms with E-state index >= 15 is 0 Å². The van der Waals surface area contributed by atoms with Gasteiger partial charge in [0, 0.05) is 30.4 Å². The van der Waals surface area contributed by atoms with Crippen molar-refractivity contribution in [3.8, 4) is 0 Å². The molecule has 0 bridgehead atoms. The Hall–Kier alpha value is -4.47. The molecule has 0 aliphatic heterocycles. The Labute approximate surface area is 316 Å². The minimum absolute atomic E-state index is 0. The third-order valence-electron chi connectivity index (χ3n) is 7.55. The summed E-state index contributed by atoms with van der Waals surface area (Å²) in [5.41, 5.74) is 9.03. The summed E-state index contributed by atoms with van der Waals surface area (Å²) in [6, 6.07) is 48.8. The van der Waals surface area contributed by atoms with Gasteiger partial charge in [0.1, 0.15) is 34.6 Å². The van der Waals surface area contributed by atoms with E-state index in [1.54, 1.807) is 19.2 Å². The number of anilines is 1. The van der Waals surface area contributed by atoms with E-state index in [1.807, 2.05) is 60.7 Å². The molecule has 0 aliphatic rings. The number of hydrogen-bond donors (Lipinski definition) is 3. The van der Waals surface area contributed by atoms with Gasteiger partial charge in [-0.2, -0.15) is 10.2 Å². The maximum atomic E-state index is 6.47. The van der Waals surface area contributed by atoms with Crippen LogP contribution in [0.4, 0.5) is 5.69 Å². The van der Waals surface area contributed by atoms with Crippen molar-refractivity contribution < 1.29 is 21.8 Å². The summed E-state index contributed by atoms with van der Waals surface area (Å²) < 4.78 is 6.47. The average Bonchev–Trinajstić information content (AvgIpc) is 3.16. The molecule has 0 saturated heterocycles. The van der Waals surface area contributed by atoms with Crippen LogP contribution in [0.25, 0.3) is 0 Å². The molecule has 0 atom stereocenters. The van der Waals surface area contributed by atoms with Gasteiger partial charge in [0.25, 0.3) is 0 Å². The number of hydrogen-bond acceptors (Lipinski definition) is 8. The second-order valence-corrected chi connectivity index (χ2v) is 14.9. The van der Waals surface area contributed by atoms with Gasteiger partial charge in [-0.15, -0.1) is 10.2 Å². The Morgan fingerprint density at radius 2 is 1.02 bits per heavy atom. The zero-order valence-corrected chi connectivity index (χ0v) is 30.8. The molecule has 12 heteroatoms. The molecule has 0 fully saturated rings. The van der Waals surface area contributed by atoms with E-state index in [4.69, 9.17) is 35.7 Å². The molecule has 4 N–H and O–H groups in total. The molecule has 5 aromatic rings. The second-order valence-electron chi connectivity index (χ2n) is 10.7. The first kappa shape index (κ1) is 38.3. The number of nitrogens with two attached hydrogens (primary N) is 1. The van der Waals surface area contributed by atoms with Crippen molar-refractivity contribution in [1.29, 1.82) is 0 Å². The number of amidine groups is 2. The normalized spacial score (nSPS) is 12.6. The first-order valence-electron chi connectivity index (χ1n) is 15.6. The molecule has 5 aromatic carbocycles. The Morgan fingerprint density at radius 1 is 0.600 bits per heavy atom. The third-order valence-corrected chi connectivity index (χ3v) is 12.2. The average molecular weight is 766 g/mol. The van der Waals surface area contributed by atoms with Crippen LogP contribution >= 0.6 is 7.26 Å². The van der Waals surface area contributed by atoms with Crippen LogP contribution in [0.2, 0.25) is 0 Å². The van der Waals surface area contributed by atoms with Crippen molar-refractivity contribution in [1.82, 2.24) is 10.6 Å². The van der Waals surface area contributed by atoms with Gasteiger partial charge >= 0.3 is 17.1 Å². The van der Waals surface area contributed by atoms with Gasteiger partial charge < -0.3 is 46.4 Å². The maximum Gasteiger partial charge on any atom is 2.00 e. The number of rotatable bonds is 13. The van der Waals surface area contributed by atoms with Crippen LogP contribution in [0.5, 0.6) is 0 Å². The van der Waals surface area contributed by atoms with Crippen LogP contribution in [0, 0.1) is 0 Å². The van der Waals surface area contributed by atoms with E-state index in [0.29, 0.717) is 36.6 Å². The molecule has 0 amide bonds. The Morgan fingerprint density at radius 3 is 1.48 bits per heavy atom. The van der Waals surface area contributed by atoms with Gasteiger partial charge in [0.2, 0.25) is 0 Å². The summed E-state index contributed by atoms with van der Waals surface area (Å²) in [5.74, 6) is 0. The van der Waals surface area contributed by atoms with E-state index in [2.05, 4.69) is 104 Å². The molecule has 0 aliphatic carbocycles. The fourth-order valence-electron chi connectivity index (χ4n) is 5.15. The molecule has 0 unspecified atom stereocenters. The Balaban J connectivity index is 0.00000562. The standard InChI is InChI=1S/C38H38N7OPS2.Cu/c1-40-37(48)44-42-36(30-22-24-31(39)25-23-30)35(29-14-6-2-7-15-29)43-45-38(49)41-26-27-46-28-47(32-16-8-3-9-17-32,33-18-10-4-11-19-33)34-20-12-5-13-21-34;/h2-25H,26-28H2,1H3,(H5-,39,40,41,42,43,44,45,48,49);/q;+2/p-1. The van der Waals surface area contributed by atoms with Crippen molar-refractivity contribution in [2.45, 2.75) is 0 Å². The van der Waals surface area contributed by atoms with E-state index in [-0.39, 0.29) is 27.4 Å². The van der Waals surface area contributed by atoms with Gasteiger partial charge in [-0.1, -0.05) is 97.1 Å². The molecule has 0 aromatic heterocycles. The van der Waals surface area contributed by atoms with Crippen LogP contribution in [-0.4, -0.2) is 48.3 Å².